The monoisotopic (exact) mass is 490 g/mol. The third-order valence-electron chi connectivity index (χ3n) is 8.84. The molecule has 5 heteroatoms. The second-order valence-corrected chi connectivity index (χ2v) is 11.7. The summed E-state index contributed by atoms with van der Waals surface area (Å²) in [5, 5.41) is 1.12. The lowest BCUT2D eigenvalue weighted by Crippen LogP contribution is -2.44. The topological polar surface area (TPSA) is 52.2 Å². The Morgan fingerprint density at radius 1 is 0.973 bits per heavy atom. The van der Waals surface area contributed by atoms with Gasteiger partial charge in [-0.1, -0.05) is 25.1 Å². The number of nitrogens with zero attached hydrogens (tertiary/aromatic N) is 3. The van der Waals surface area contributed by atoms with Gasteiger partial charge in [0.05, 0.1) is 0 Å². The van der Waals surface area contributed by atoms with Gasteiger partial charge in [0.25, 0.3) is 5.91 Å². The Balaban J connectivity index is 1.25. The number of hydrogen-bond donors (Lipinski definition) is 1. The number of pyridine rings is 1. The predicted octanol–water partition coefficient (Wildman–Crippen LogP) is 6.17. The van der Waals surface area contributed by atoms with Gasteiger partial charge in [-0.25, -0.2) is 4.98 Å². The first-order valence-electron chi connectivity index (χ1n) is 13.7. The van der Waals surface area contributed by atoms with Crippen molar-refractivity contribution in [3.05, 3.63) is 77.1 Å². The van der Waals surface area contributed by atoms with Crippen LogP contribution < -0.4 is 0 Å². The molecule has 1 saturated heterocycles. The summed E-state index contributed by atoms with van der Waals surface area (Å²) in [6.07, 6.45) is 9.96. The van der Waals surface area contributed by atoms with Gasteiger partial charge in [0.2, 0.25) is 0 Å². The Labute approximate surface area is 218 Å². The van der Waals surface area contributed by atoms with Crippen LogP contribution in [0.25, 0.3) is 33.3 Å². The molecule has 0 saturated carbocycles. The molecule has 3 aliphatic rings. The Bertz CT molecular complexity index is 1510. The van der Waals surface area contributed by atoms with Crippen LogP contribution in [0.2, 0.25) is 0 Å². The summed E-state index contributed by atoms with van der Waals surface area (Å²) in [5.41, 5.74) is 11.2. The van der Waals surface area contributed by atoms with Crippen molar-refractivity contribution >= 4 is 16.9 Å². The van der Waals surface area contributed by atoms with Gasteiger partial charge in [0, 0.05) is 66.1 Å². The smallest absolute Gasteiger partial charge is 0.253 e. The van der Waals surface area contributed by atoms with Crippen molar-refractivity contribution in [2.45, 2.75) is 51.0 Å². The van der Waals surface area contributed by atoms with Gasteiger partial charge < -0.3 is 14.8 Å². The molecule has 4 aromatic rings. The highest BCUT2D eigenvalue weighted by Crippen LogP contribution is 2.45. The number of aryl methyl sites for hydroxylation is 1. The van der Waals surface area contributed by atoms with Crippen molar-refractivity contribution in [2.24, 2.45) is 0 Å². The minimum atomic E-state index is 0.144. The molecule has 1 aliphatic carbocycles. The lowest BCUT2D eigenvalue weighted by Gasteiger charge is -2.45. The number of likely N-dealkylation sites (N-methyl/N-ethyl adjacent to an activating group) is 1. The van der Waals surface area contributed by atoms with Crippen LogP contribution >= 0.6 is 0 Å². The van der Waals surface area contributed by atoms with Crippen LogP contribution in [-0.4, -0.2) is 52.4 Å². The minimum Gasteiger partial charge on any atom is -0.346 e. The Hall–Kier alpha value is -3.44. The van der Waals surface area contributed by atoms with Crippen molar-refractivity contribution in [1.29, 1.82) is 0 Å². The molecule has 4 heterocycles. The molecule has 2 aromatic heterocycles. The number of benzene rings is 2. The third-order valence-corrected chi connectivity index (χ3v) is 8.84. The lowest BCUT2D eigenvalue weighted by atomic mass is 9.67. The first-order valence-corrected chi connectivity index (χ1v) is 13.7. The number of aromatic nitrogens is 2. The van der Waals surface area contributed by atoms with E-state index in [0.29, 0.717) is 0 Å². The fourth-order valence-electron chi connectivity index (χ4n) is 7.22. The number of rotatable bonds is 3. The van der Waals surface area contributed by atoms with E-state index in [4.69, 9.17) is 4.98 Å². The van der Waals surface area contributed by atoms with Crippen LogP contribution in [0.15, 0.2) is 54.9 Å². The lowest BCUT2D eigenvalue weighted by molar-refractivity contribution is 0.0793. The first-order chi connectivity index (χ1) is 18.0. The van der Waals surface area contributed by atoms with Crippen LogP contribution in [-0.2, 0) is 18.4 Å². The quantitative estimate of drug-likeness (QED) is 0.374. The largest absolute Gasteiger partial charge is 0.346 e. The molecule has 1 atom stereocenters. The fraction of sp³-hybridized carbons (Fsp3) is 0.375. The summed E-state index contributed by atoms with van der Waals surface area (Å²) in [7, 11) is 2.25. The standard InChI is InChI=1S/C32H34N4O/c1-32-11-5-6-23-14-24(15-26(29(23)32)19-35(2)20-32)25-16-27-28(18-34-30(27)33-17-25)21-7-9-22(10-8-21)31(37)36-12-3-4-13-36/h7-10,14-18H,3-6,11-13,19-20H2,1-2H3,(H,33,34). The first kappa shape index (κ1) is 22.7. The average molecular weight is 491 g/mol. The highest BCUT2D eigenvalue weighted by Gasteiger charge is 2.38. The van der Waals surface area contributed by atoms with Gasteiger partial charge in [-0.05, 0) is 91.2 Å². The number of fused-ring (bicyclic) bond motifs is 1. The molecule has 1 N–H and O–H groups in total. The van der Waals surface area contributed by atoms with E-state index in [-0.39, 0.29) is 11.3 Å². The molecular formula is C32H34N4O. The molecular weight excluding hydrogens is 456 g/mol. The molecule has 2 aromatic carbocycles. The summed E-state index contributed by atoms with van der Waals surface area (Å²) in [6, 6.07) is 15.2. The molecule has 0 spiro atoms. The molecule has 1 fully saturated rings. The van der Waals surface area contributed by atoms with Gasteiger partial charge in [0.1, 0.15) is 5.65 Å². The van der Waals surface area contributed by atoms with Crippen molar-refractivity contribution in [3.8, 4) is 22.3 Å². The van der Waals surface area contributed by atoms with E-state index in [1.807, 2.05) is 29.4 Å². The summed E-state index contributed by atoms with van der Waals surface area (Å²) in [4.78, 5) is 25.4. The van der Waals surface area contributed by atoms with Crippen molar-refractivity contribution in [3.63, 3.8) is 0 Å². The zero-order valence-electron chi connectivity index (χ0n) is 21.8. The van der Waals surface area contributed by atoms with Crippen LogP contribution in [0.5, 0.6) is 0 Å². The number of hydrogen-bond acceptors (Lipinski definition) is 3. The molecule has 5 nitrogen and oxygen atoms in total. The van der Waals surface area contributed by atoms with Crippen molar-refractivity contribution < 1.29 is 4.79 Å². The predicted molar refractivity (Wildman–Crippen MR) is 149 cm³/mol. The summed E-state index contributed by atoms with van der Waals surface area (Å²) < 4.78 is 0. The zero-order chi connectivity index (χ0) is 25.1. The number of likely N-dealkylation sites (tertiary alicyclic amines) is 1. The zero-order valence-corrected chi connectivity index (χ0v) is 21.8. The maximum Gasteiger partial charge on any atom is 0.253 e. The molecule has 7 rings (SSSR count). The van der Waals surface area contributed by atoms with Crippen molar-refractivity contribution in [2.75, 3.05) is 26.7 Å². The van der Waals surface area contributed by atoms with Crippen LogP contribution in [0.3, 0.4) is 0 Å². The van der Waals surface area contributed by atoms with Crippen LogP contribution in [0.4, 0.5) is 0 Å². The van der Waals surface area contributed by atoms with E-state index < -0.39 is 0 Å². The summed E-state index contributed by atoms with van der Waals surface area (Å²) in [6.45, 7) is 6.36. The SMILES string of the molecule is CN1Cc2cc(-c3cnc4[nH]cc(-c5ccc(C(=O)N6CCCC6)cc5)c4c3)cc3c2C(C)(CCC3)C1. The van der Waals surface area contributed by atoms with Crippen LogP contribution in [0.1, 0.15) is 59.7 Å². The number of aromatic amines is 1. The second kappa shape index (κ2) is 8.56. The van der Waals surface area contributed by atoms with Crippen molar-refractivity contribution in [1.82, 2.24) is 19.8 Å². The van der Waals surface area contributed by atoms with Gasteiger partial charge in [-0.2, -0.15) is 0 Å². The number of nitrogens with one attached hydrogen (secondary N) is 1. The van der Waals surface area contributed by atoms with E-state index in [0.717, 1.165) is 72.3 Å². The van der Waals surface area contributed by atoms with Gasteiger partial charge in [0.15, 0.2) is 0 Å². The maximum atomic E-state index is 12.8. The second-order valence-electron chi connectivity index (χ2n) is 11.7. The molecule has 0 radical (unpaired) electrons. The Kier molecular flexibility index (Phi) is 5.26. The molecule has 188 valence electrons. The van der Waals surface area contributed by atoms with E-state index in [2.05, 4.69) is 54.2 Å². The van der Waals surface area contributed by atoms with E-state index in [1.54, 1.807) is 5.56 Å². The van der Waals surface area contributed by atoms with Gasteiger partial charge in [-0.15, -0.1) is 0 Å². The van der Waals surface area contributed by atoms with Gasteiger partial charge >= 0.3 is 0 Å². The normalized spacial score (nSPS) is 21.4. The number of carbonyl (C=O) groups is 1. The Morgan fingerprint density at radius 3 is 2.57 bits per heavy atom. The fourth-order valence-corrected chi connectivity index (χ4v) is 7.22. The Morgan fingerprint density at radius 2 is 1.76 bits per heavy atom. The molecule has 1 amide bonds. The third kappa shape index (κ3) is 3.79. The number of H-pyrrole nitrogens is 1. The summed E-state index contributed by atoms with van der Waals surface area (Å²) >= 11 is 0. The molecule has 2 aliphatic heterocycles. The maximum absolute atomic E-state index is 12.8. The number of carbonyl (C=O) groups excluding carboxylic acids is 1. The highest BCUT2D eigenvalue weighted by molar-refractivity contribution is 5.98. The average Bonchev–Trinajstić information content (AvgIpc) is 3.58. The minimum absolute atomic E-state index is 0.144. The van der Waals surface area contributed by atoms with E-state index >= 15 is 0 Å². The highest BCUT2D eigenvalue weighted by atomic mass is 16.2. The molecule has 37 heavy (non-hydrogen) atoms. The molecule has 0 bridgehead atoms. The van der Waals surface area contributed by atoms with Crippen LogP contribution in [0, 0.1) is 0 Å². The molecule has 1 unspecified atom stereocenters. The number of amides is 1. The van der Waals surface area contributed by atoms with Gasteiger partial charge in [-0.3, -0.25) is 4.79 Å². The summed E-state index contributed by atoms with van der Waals surface area (Å²) in [5.74, 6) is 0.144. The van der Waals surface area contributed by atoms with E-state index in [1.165, 1.54) is 36.0 Å². The van der Waals surface area contributed by atoms with E-state index in [9.17, 15) is 4.79 Å².